The quantitative estimate of drug-likeness (QED) is 0.387. The number of rotatable bonds is 3. The molecule has 33 heavy (non-hydrogen) atoms. The second-order valence-corrected chi connectivity index (χ2v) is 9.14. The normalized spacial score (nSPS) is 19.2. The van der Waals surface area contributed by atoms with Crippen molar-refractivity contribution in [1.82, 2.24) is 5.32 Å². The van der Waals surface area contributed by atoms with E-state index in [0.717, 1.165) is 6.67 Å². The van der Waals surface area contributed by atoms with Gasteiger partial charge in [0.25, 0.3) is 5.84 Å². The van der Waals surface area contributed by atoms with E-state index in [9.17, 15) is 0 Å². The van der Waals surface area contributed by atoms with E-state index >= 15 is 0 Å². The van der Waals surface area contributed by atoms with Gasteiger partial charge in [-0.15, -0.1) is 0 Å². The van der Waals surface area contributed by atoms with Crippen LogP contribution in [0.5, 0.6) is 0 Å². The van der Waals surface area contributed by atoms with Gasteiger partial charge in [0.1, 0.15) is 0 Å². The number of fused-ring (bicyclic) bond motifs is 2. The Hall–Kier alpha value is -3.85. The molecule has 4 aromatic carbocycles. The fourth-order valence-electron chi connectivity index (χ4n) is 5.43. The number of aryl methyl sites for hydroxylation is 2. The molecule has 2 aliphatic heterocycles. The van der Waals surface area contributed by atoms with Gasteiger partial charge in [-0.3, -0.25) is 5.32 Å². The van der Waals surface area contributed by atoms with Crippen molar-refractivity contribution in [3.05, 3.63) is 131 Å². The van der Waals surface area contributed by atoms with Gasteiger partial charge in [-0.05, 0) is 49.2 Å². The molecular formula is C30H28N3+. The molecule has 2 atom stereocenters. The summed E-state index contributed by atoms with van der Waals surface area (Å²) >= 11 is 0. The highest BCUT2D eigenvalue weighted by Gasteiger charge is 2.47. The second kappa shape index (κ2) is 7.93. The van der Waals surface area contributed by atoms with Crippen molar-refractivity contribution in [3.63, 3.8) is 0 Å². The van der Waals surface area contributed by atoms with Crippen molar-refractivity contribution in [2.45, 2.75) is 25.9 Å². The third kappa shape index (κ3) is 3.41. The molecule has 0 bridgehead atoms. The molecule has 0 aromatic heterocycles. The smallest absolute Gasteiger partial charge is 0.282 e. The van der Waals surface area contributed by atoms with Gasteiger partial charge in [0, 0.05) is 16.8 Å². The van der Waals surface area contributed by atoms with Crippen LogP contribution < -0.4 is 10.2 Å². The minimum absolute atomic E-state index is 0.177. The fraction of sp³-hybridized carbons (Fsp3) is 0.167. The molecule has 0 saturated carbocycles. The molecule has 3 heteroatoms. The molecule has 3 nitrogen and oxygen atoms in total. The molecule has 0 saturated heterocycles. The lowest BCUT2D eigenvalue weighted by molar-refractivity contribution is -0.566. The first kappa shape index (κ1) is 19.8. The molecule has 1 N–H and O–H groups in total. The lowest BCUT2D eigenvalue weighted by Crippen LogP contribution is -2.39. The maximum atomic E-state index is 3.92. The zero-order chi connectivity index (χ0) is 22.4. The van der Waals surface area contributed by atoms with Crippen LogP contribution in [0.3, 0.4) is 0 Å². The Labute approximate surface area is 195 Å². The van der Waals surface area contributed by atoms with E-state index in [0.29, 0.717) is 0 Å². The Balaban J connectivity index is 1.53. The summed E-state index contributed by atoms with van der Waals surface area (Å²) in [5.41, 5.74) is 8.97. The first-order chi connectivity index (χ1) is 16.2. The van der Waals surface area contributed by atoms with E-state index in [-0.39, 0.29) is 12.1 Å². The third-order valence-corrected chi connectivity index (χ3v) is 6.79. The van der Waals surface area contributed by atoms with E-state index in [4.69, 9.17) is 0 Å². The number of hydrogen-bond donors (Lipinski definition) is 1. The van der Waals surface area contributed by atoms with E-state index in [1.807, 2.05) is 0 Å². The number of hydrogen-bond acceptors (Lipinski definition) is 2. The lowest BCUT2D eigenvalue weighted by Gasteiger charge is -2.31. The molecule has 2 aliphatic rings. The summed E-state index contributed by atoms with van der Waals surface area (Å²) in [4.78, 5) is 2.46. The Bertz CT molecular complexity index is 1320. The summed E-state index contributed by atoms with van der Waals surface area (Å²) < 4.78 is 2.55. The van der Waals surface area contributed by atoms with Gasteiger partial charge in [-0.2, -0.15) is 0 Å². The van der Waals surface area contributed by atoms with Crippen LogP contribution in [0.1, 0.15) is 39.9 Å². The Morgan fingerprint density at radius 3 is 2.03 bits per heavy atom. The van der Waals surface area contributed by atoms with Gasteiger partial charge in [0.05, 0.1) is 11.3 Å². The van der Waals surface area contributed by atoms with Gasteiger partial charge in [-0.25, -0.2) is 4.58 Å². The highest BCUT2D eigenvalue weighted by Crippen LogP contribution is 2.42. The highest BCUT2D eigenvalue weighted by molar-refractivity contribution is 6.03. The molecule has 2 heterocycles. The Morgan fingerprint density at radius 2 is 1.33 bits per heavy atom. The first-order valence-electron chi connectivity index (χ1n) is 11.6. The van der Waals surface area contributed by atoms with Crippen molar-refractivity contribution in [1.29, 1.82) is 0 Å². The van der Waals surface area contributed by atoms with Crippen LogP contribution in [0, 0.1) is 13.8 Å². The molecule has 6 rings (SSSR count). The van der Waals surface area contributed by atoms with Gasteiger partial charge in [0.15, 0.2) is 18.8 Å². The standard InChI is InChI=1S/C30H27N3/c1-21-17-22(2)19-25(18-21)32-20-33-29(24-13-7-4-8-14-24)28(23-11-5-3-6-12-23)31-30(33)26-15-9-10-16-27(26)32/h3-19,28-29H,20H2,1-2H3/p+1. The Morgan fingerprint density at radius 1 is 0.727 bits per heavy atom. The highest BCUT2D eigenvalue weighted by atomic mass is 15.4. The van der Waals surface area contributed by atoms with Crippen molar-refractivity contribution in [2.75, 3.05) is 11.6 Å². The summed E-state index contributed by atoms with van der Waals surface area (Å²) in [7, 11) is 0. The number of amidine groups is 1. The number of nitrogens with zero attached hydrogens (tertiary/aromatic N) is 2. The minimum Gasteiger partial charge on any atom is -0.304 e. The van der Waals surface area contributed by atoms with Crippen LogP contribution in [0.25, 0.3) is 0 Å². The Kier molecular flexibility index (Phi) is 4.76. The maximum Gasteiger partial charge on any atom is 0.282 e. The molecule has 0 radical (unpaired) electrons. The number of benzene rings is 4. The molecular weight excluding hydrogens is 402 g/mol. The summed E-state index contributed by atoms with van der Waals surface area (Å²) in [6, 6.07) is 37.7. The van der Waals surface area contributed by atoms with Gasteiger partial charge in [-0.1, -0.05) is 78.9 Å². The largest absolute Gasteiger partial charge is 0.304 e. The summed E-state index contributed by atoms with van der Waals surface area (Å²) in [5.74, 6) is 1.22. The van der Waals surface area contributed by atoms with Crippen molar-refractivity contribution in [2.24, 2.45) is 0 Å². The molecule has 0 aliphatic carbocycles. The van der Waals surface area contributed by atoms with E-state index in [1.54, 1.807) is 0 Å². The van der Waals surface area contributed by atoms with Gasteiger partial charge >= 0.3 is 0 Å². The molecule has 0 fully saturated rings. The third-order valence-electron chi connectivity index (χ3n) is 6.79. The molecule has 0 spiro atoms. The van der Waals surface area contributed by atoms with Crippen LogP contribution in [0.15, 0.2) is 103 Å². The van der Waals surface area contributed by atoms with Crippen LogP contribution in [-0.2, 0) is 0 Å². The minimum atomic E-state index is 0.177. The monoisotopic (exact) mass is 430 g/mol. The average molecular weight is 431 g/mol. The fourth-order valence-corrected chi connectivity index (χ4v) is 5.43. The number of para-hydroxylation sites is 1. The number of nitrogens with one attached hydrogen (secondary N) is 1. The van der Waals surface area contributed by atoms with Crippen LogP contribution in [-0.4, -0.2) is 17.1 Å². The summed E-state index contributed by atoms with van der Waals surface area (Å²) in [6.07, 6.45) is 0. The molecule has 162 valence electrons. The van der Waals surface area contributed by atoms with Gasteiger partial charge < -0.3 is 4.90 Å². The van der Waals surface area contributed by atoms with Crippen molar-refractivity contribution >= 4 is 17.2 Å². The SMILES string of the molecule is Cc1cc(C)cc(N2C[N+]3=C(NC(c4ccccc4)C3c3ccccc3)c3ccccc32)c1. The topological polar surface area (TPSA) is 18.3 Å². The maximum absolute atomic E-state index is 3.92. The zero-order valence-electron chi connectivity index (χ0n) is 19.1. The molecule has 0 amide bonds. The van der Waals surface area contributed by atoms with Crippen LogP contribution in [0.4, 0.5) is 11.4 Å². The first-order valence-corrected chi connectivity index (χ1v) is 11.6. The molecule has 4 aromatic rings. The van der Waals surface area contributed by atoms with Crippen LogP contribution in [0.2, 0.25) is 0 Å². The van der Waals surface area contributed by atoms with E-state index in [2.05, 4.69) is 132 Å². The summed E-state index contributed by atoms with van der Waals surface area (Å²) in [5, 5.41) is 3.92. The summed E-state index contributed by atoms with van der Waals surface area (Å²) in [6.45, 7) is 5.16. The van der Waals surface area contributed by atoms with Crippen molar-refractivity contribution < 1.29 is 4.58 Å². The predicted octanol–water partition coefficient (Wildman–Crippen LogP) is 6.26. The average Bonchev–Trinajstić information content (AvgIpc) is 3.24. The zero-order valence-corrected chi connectivity index (χ0v) is 19.1. The number of anilines is 2. The predicted molar refractivity (Wildman–Crippen MR) is 135 cm³/mol. The van der Waals surface area contributed by atoms with Crippen molar-refractivity contribution in [3.8, 4) is 0 Å². The molecule has 2 unspecified atom stereocenters. The van der Waals surface area contributed by atoms with E-state index < -0.39 is 0 Å². The van der Waals surface area contributed by atoms with Gasteiger partial charge in [0.2, 0.25) is 0 Å². The van der Waals surface area contributed by atoms with Crippen LogP contribution >= 0.6 is 0 Å². The lowest BCUT2D eigenvalue weighted by atomic mass is 9.94. The second-order valence-electron chi connectivity index (χ2n) is 9.14. The van der Waals surface area contributed by atoms with E-state index in [1.165, 1.54) is 45.0 Å².